The third kappa shape index (κ3) is 5.13. The number of amides is 3. The van der Waals surface area contributed by atoms with Crippen molar-refractivity contribution < 1.29 is 9.59 Å². The van der Waals surface area contributed by atoms with Gasteiger partial charge < -0.3 is 21.3 Å². The van der Waals surface area contributed by atoms with Crippen molar-refractivity contribution in [1.82, 2.24) is 4.90 Å². The number of nitrogens with one attached hydrogen (secondary N) is 2. The molecule has 0 spiro atoms. The summed E-state index contributed by atoms with van der Waals surface area (Å²) in [6.07, 6.45) is 2.31. The second-order valence-corrected chi connectivity index (χ2v) is 6.14. The summed E-state index contributed by atoms with van der Waals surface area (Å²) in [5, 5.41) is 5.75. The van der Waals surface area contributed by atoms with Crippen molar-refractivity contribution in [2.24, 2.45) is 0 Å². The zero-order chi connectivity index (χ0) is 17.6. The SMILES string of the molecule is Cl.Nc1ccc(CC(=O)Nc2ccccc2NC(=O)N2CCCC2)cc1. The van der Waals surface area contributed by atoms with Gasteiger partial charge in [-0.3, -0.25) is 4.79 Å². The predicted molar refractivity (Wildman–Crippen MR) is 107 cm³/mol. The van der Waals surface area contributed by atoms with Gasteiger partial charge in [-0.2, -0.15) is 0 Å². The zero-order valence-electron chi connectivity index (χ0n) is 14.4. The van der Waals surface area contributed by atoms with Crippen LogP contribution in [0.3, 0.4) is 0 Å². The molecule has 7 heteroatoms. The average Bonchev–Trinajstić information content (AvgIpc) is 3.13. The molecular weight excluding hydrogens is 352 g/mol. The Morgan fingerprint density at radius 1 is 0.923 bits per heavy atom. The first-order valence-corrected chi connectivity index (χ1v) is 8.41. The molecule has 0 radical (unpaired) electrons. The van der Waals surface area contributed by atoms with Gasteiger partial charge in [-0.15, -0.1) is 12.4 Å². The second-order valence-electron chi connectivity index (χ2n) is 6.14. The number of nitrogen functional groups attached to an aromatic ring is 1. The number of nitrogens with two attached hydrogens (primary N) is 1. The van der Waals surface area contributed by atoms with E-state index in [1.54, 1.807) is 29.2 Å². The summed E-state index contributed by atoms with van der Waals surface area (Å²) in [6, 6.07) is 14.3. The molecule has 1 aliphatic rings. The van der Waals surface area contributed by atoms with Crippen LogP contribution in [0, 0.1) is 0 Å². The summed E-state index contributed by atoms with van der Waals surface area (Å²) < 4.78 is 0. The highest BCUT2D eigenvalue weighted by Crippen LogP contribution is 2.22. The number of para-hydroxylation sites is 2. The first-order chi connectivity index (χ1) is 12.1. The fourth-order valence-corrected chi connectivity index (χ4v) is 2.83. The minimum absolute atomic E-state index is 0. The molecule has 0 aromatic heterocycles. The van der Waals surface area contributed by atoms with Crippen LogP contribution in [0.5, 0.6) is 0 Å². The molecule has 0 aliphatic carbocycles. The molecule has 2 aromatic rings. The van der Waals surface area contributed by atoms with Gasteiger partial charge in [0, 0.05) is 18.8 Å². The molecule has 0 bridgehead atoms. The van der Waals surface area contributed by atoms with E-state index in [4.69, 9.17) is 5.73 Å². The van der Waals surface area contributed by atoms with Crippen LogP contribution in [0.4, 0.5) is 21.9 Å². The van der Waals surface area contributed by atoms with Crippen LogP contribution < -0.4 is 16.4 Å². The van der Waals surface area contributed by atoms with E-state index >= 15 is 0 Å². The first-order valence-electron chi connectivity index (χ1n) is 8.41. The number of hydrogen-bond acceptors (Lipinski definition) is 3. The van der Waals surface area contributed by atoms with Crippen LogP contribution in [0.1, 0.15) is 18.4 Å². The lowest BCUT2D eigenvalue weighted by Crippen LogP contribution is -2.32. The molecule has 138 valence electrons. The Labute approximate surface area is 159 Å². The number of urea groups is 1. The van der Waals surface area contributed by atoms with Gasteiger partial charge in [0.1, 0.15) is 0 Å². The van der Waals surface area contributed by atoms with Gasteiger partial charge in [0.2, 0.25) is 5.91 Å². The Hall–Kier alpha value is -2.73. The number of benzene rings is 2. The molecule has 0 saturated carbocycles. The number of rotatable bonds is 4. The smallest absolute Gasteiger partial charge is 0.321 e. The largest absolute Gasteiger partial charge is 0.399 e. The highest BCUT2D eigenvalue weighted by molar-refractivity contribution is 5.99. The number of nitrogens with zero attached hydrogens (tertiary/aromatic N) is 1. The number of likely N-dealkylation sites (tertiary alicyclic amines) is 1. The van der Waals surface area contributed by atoms with Crippen molar-refractivity contribution >= 4 is 41.4 Å². The Morgan fingerprint density at radius 3 is 2.12 bits per heavy atom. The van der Waals surface area contributed by atoms with Crippen LogP contribution in [0.25, 0.3) is 0 Å². The van der Waals surface area contributed by atoms with Gasteiger partial charge in [0.25, 0.3) is 0 Å². The van der Waals surface area contributed by atoms with E-state index in [-0.39, 0.29) is 30.8 Å². The standard InChI is InChI=1S/C19H22N4O2.ClH/c20-15-9-7-14(8-10-15)13-18(24)21-16-5-1-2-6-17(16)22-19(25)23-11-3-4-12-23;/h1-2,5-10H,3-4,11-13,20H2,(H,21,24)(H,22,25);1H. The van der Waals surface area contributed by atoms with Crippen LogP contribution in [-0.2, 0) is 11.2 Å². The Morgan fingerprint density at radius 2 is 1.50 bits per heavy atom. The third-order valence-electron chi connectivity index (χ3n) is 4.18. The van der Waals surface area contributed by atoms with E-state index < -0.39 is 0 Å². The van der Waals surface area contributed by atoms with E-state index in [1.165, 1.54) is 0 Å². The van der Waals surface area contributed by atoms with Crippen molar-refractivity contribution in [3.8, 4) is 0 Å². The number of halogens is 1. The lowest BCUT2D eigenvalue weighted by Gasteiger charge is -2.18. The molecule has 3 amide bonds. The van der Waals surface area contributed by atoms with Gasteiger partial charge in [-0.05, 0) is 42.7 Å². The molecule has 1 heterocycles. The highest BCUT2D eigenvalue weighted by atomic mass is 35.5. The number of carbonyl (C=O) groups excluding carboxylic acids is 2. The van der Waals surface area contributed by atoms with Crippen molar-refractivity contribution in [2.45, 2.75) is 19.3 Å². The summed E-state index contributed by atoms with van der Waals surface area (Å²) in [6.45, 7) is 1.55. The van der Waals surface area contributed by atoms with Crippen LogP contribution in [0.15, 0.2) is 48.5 Å². The molecule has 4 N–H and O–H groups in total. The lowest BCUT2D eigenvalue weighted by molar-refractivity contribution is -0.115. The fraction of sp³-hybridized carbons (Fsp3) is 0.263. The molecule has 0 unspecified atom stereocenters. The molecule has 3 rings (SSSR count). The first kappa shape index (κ1) is 19.6. The van der Waals surface area contributed by atoms with E-state index in [0.29, 0.717) is 17.1 Å². The molecule has 0 atom stereocenters. The van der Waals surface area contributed by atoms with Crippen molar-refractivity contribution in [3.63, 3.8) is 0 Å². The quantitative estimate of drug-likeness (QED) is 0.716. The molecule has 26 heavy (non-hydrogen) atoms. The second kappa shape index (κ2) is 9.10. The van der Waals surface area contributed by atoms with Gasteiger partial charge >= 0.3 is 6.03 Å². The monoisotopic (exact) mass is 374 g/mol. The van der Waals surface area contributed by atoms with Crippen molar-refractivity contribution in [1.29, 1.82) is 0 Å². The maximum atomic E-state index is 12.3. The normalized spacial score (nSPS) is 13.0. The highest BCUT2D eigenvalue weighted by Gasteiger charge is 2.19. The van der Waals surface area contributed by atoms with Crippen molar-refractivity contribution in [2.75, 3.05) is 29.5 Å². The molecule has 1 fully saturated rings. The van der Waals surface area contributed by atoms with Crippen LogP contribution in [-0.4, -0.2) is 29.9 Å². The maximum Gasteiger partial charge on any atom is 0.321 e. The van der Waals surface area contributed by atoms with E-state index in [0.717, 1.165) is 31.5 Å². The van der Waals surface area contributed by atoms with Gasteiger partial charge in [-0.25, -0.2) is 4.79 Å². The summed E-state index contributed by atoms with van der Waals surface area (Å²) in [5.41, 5.74) is 8.39. The molecule has 2 aromatic carbocycles. The van der Waals surface area contributed by atoms with Crippen molar-refractivity contribution in [3.05, 3.63) is 54.1 Å². The maximum absolute atomic E-state index is 12.3. The minimum atomic E-state index is -0.146. The average molecular weight is 375 g/mol. The molecule has 6 nitrogen and oxygen atoms in total. The number of hydrogen-bond donors (Lipinski definition) is 3. The fourth-order valence-electron chi connectivity index (χ4n) is 2.83. The van der Waals surface area contributed by atoms with Gasteiger partial charge in [0.05, 0.1) is 17.8 Å². The molecule has 1 saturated heterocycles. The van der Waals surface area contributed by atoms with Crippen LogP contribution in [0.2, 0.25) is 0 Å². The van der Waals surface area contributed by atoms with Crippen LogP contribution >= 0.6 is 12.4 Å². The molecule has 1 aliphatic heterocycles. The number of carbonyl (C=O) groups is 2. The lowest BCUT2D eigenvalue weighted by atomic mass is 10.1. The summed E-state index contributed by atoms with van der Waals surface area (Å²) in [7, 11) is 0. The summed E-state index contributed by atoms with van der Waals surface area (Å²) >= 11 is 0. The minimum Gasteiger partial charge on any atom is -0.399 e. The van der Waals surface area contributed by atoms with E-state index in [9.17, 15) is 9.59 Å². The van der Waals surface area contributed by atoms with E-state index in [2.05, 4.69) is 10.6 Å². The van der Waals surface area contributed by atoms with E-state index in [1.807, 2.05) is 24.3 Å². The Bertz CT molecular complexity index is 758. The Kier molecular flexibility index (Phi) is 6.86. The predicted octanol–water partition coefficient (Wildman–Crippen LogP) is 3.50. The third-order valence-corrected chi connectivity index (χ3v) is 4.18. The number of anilines is 3. The molecular formula is C19H23ClN4O2. The summed E-state index contributed by atoms with van der Waals surface area (Å²) in [5.74, 6) is -0.146. The zero-order valence-corrected chi connectivity index (χ0v) is 15.2. The van der Waals surface area contributed by atoms with Gasteiger partial charge in [0.15, 0.2) is 0 Å². The topological polar surface area (TPSA) is 87.5 Å². The van der Waals surface area contributed by atoms with Gasteiger partial charge in [-0.1, -0.05) is 24.3 Å². The summed E-state index contributed by atoms with van der Waals surface area (Å²) in [4.78, 5) is 26.3. The Balaban J connectivity index is 0.00000243.